The van der Waals surface area contributed by atoms with Crippen molar-refractivity contribution in [1.82, 2.24) is 15.5 Å². The maximum absolute atomic E-state index is 11.8. The second-order valence-electron chi connectivity index (χ2n) is 4.84. The van der Waals surface area contributed by atoms with Gasteiger partial charge in [-0.3, -0.25) is 14.5 Å². The fourth-order valence-corrected chi connectivity index (χ4v) is 2.05. The minimum atomic E-state index is -1.16. The van der Waals surface area contributed by atoms with Crippen LogP contribution in [0.5, 0.6) is 0 Å². The molecular weight excluding hydrogens is 264 g/mol. The summed E-state index contributed by atoms with van der Waals surface area (Å²) >= 11 is 0. The third-order valence-electron chi connectivity index (χ3n) is 3.11. The van der Waals surface area contributed by atoms with Crippen LogP contribution < -0.4 is 16.4 Å². The number of carbonyl (C=O) groups excluding carboxylic acids is 2. The summed E-state index contributed by atoms with van der Waals surface area (Å²) in [4.78, 5) is 35.5. The van der Waals surface area contributed by atoms with E-state index in [2.05, 4.69) is 10.6 Å². The van der Waals surface area contributed by atoms with E-state index in [4.69, 9.17) is 10.8 Å². The van der Waals surface area contributed by atoms with E-state index in [1.807, 2.05) is 4.90 Å². The first-order valence-corrected chi connectivity index (χ1v) is 6.72. The molecule has 0 aromatic heterocycles. The molecular formula is C12H22N4O4. The van der Waals surface area contributed by atoms with Gasteiger partial charge in [0.25, 0.3) is 0 Å². The Morgan fingerprint density at radius 3 is 2.70 bits per heavy atom. The Morgan fingerprint density at radius 1 is 1.30 bits per heavy atom. The number of nitrogens with zero attached hydrogens (tertiary/aromatic N) is 1. The van der Waals surface area contributed by atoms with E-state index in [0.717, 1.165) is 32.6 Å². The van der Waals surface area contributed by atoms with Crippen molar-refractivity contribution >= 4 is 17.8 Å². The van der Waals surface area contributed by atoms with Crippen LogP contribution in [0.25, 0.3) is 0 Å². The van der Waals surface area contributed by atoms with Gasteiger partial charge in [-0.25, -0.2) is 4.79 Å². The average Bonchev–Trinajstić information content (AvgIpc) is 2.62. The molecule has 0 radical (unpaired) electrons. The van der Waals surface area contributed by atoms with Crippen LogP contribution in [0.1, 0.15) is 19.3 Å². The molecule has 0 bridgehead atoms. The lowest BCUT2D eigenvalue weighted by atomic mass is 10.1. The Morgan fingerprint density at radius 2 is 2.05 bits per heavy atom. The second-order valence-corrected chi connectivity index (χ2v) is 4.84. The van der Waals surface area contributed by atoms with E-state index >= 15 is 0 Å². The highest BCUT2D eigenvalue weighted by atomic mass is 16.4. The van der Waals surface area contributed by atoms with Gasteiger partial charge in [0, 0.05) is 19.5 Å². The van der Waals surface area contributed by atoms with Crippen molar-refractivity contribution in [2.24, 2.45) is 5.73 Å². The van der Waals surface area contributed by atoms with Crippen LogP contribution in [-0.4, -0.2) is 66.6 Å². The number of carboxylic acid groups (broad SMARTS) is 1. The molecule has 1 fully saturated rings. The number of primary amides is 1. The number of hydrogen-bond acceptors (Lipinski definition) is 5. The number of rotatable bonds is 7. The number of hydrogen-bond donors (Lipinski definition) is 4. The van der Waals surface area contributed by atoms with Gasteiger partial charge >= 0.3 is 5.97 Å². The third-order valence-corrected chi connectivity index (χ3v) is 3.11. The van der Waals surface area contributed by atoms with Gasteiger partial charge in [-0.2, -0.15) is 0 Å². The minimum absolute atomic E-state index is 0.0119. The Bertz CT molecular complexity index is 353. The summed E-state index contributed by atoms with van der Waals surface area (Å²) in [6.45, 7) is 3.47. The molecule has 0 unspecified atom stereocenters. The summed E-state index contributed by atoms with van der Waals surface area (Å²) in [6.07, 6.45) is 0.903. The molecule has 1 aliphatic rings. The predicted octanol–water partition coefficient (Wildman–Crippen LogP) is -1.88. The van der Waals surface area contributed by atoms with E-state index in [1.54, 1.807) is 0 Å². The molecule has 1 atom stereocenters. The van der Waals surface area contributed by atoms with Crippen molar-refractivity contribution < 1.29 is 19.5 Å². The molecule has 0 aromatic carbocycles. The minimum Gasteiger partial charge on any atom is -0.480 e. The van der Waals surface area contributed by atoms with Gasteiger partial charge in [0.1, 0.15) is 6.04 Å². The number of carboxylic acids is 1. The summed E-state index contributed by atoms with van der Waals surface area (Å²) in [7, 11) is 0. The standard InChI is InChI=1S/C12H22N4O4/c13-10(17)3-2-9(12(19)20)15-11(18)8-16-6-1-4-14-5-7-16/h9,14H,1-8H2,(H2,13,17)(H,15,18)(H,19,20)/t9-/m1/s1. The van der Waals surface area contributed by atoms with Gasteiger partial charge in [-0.1, -0.05) is 0 Å². The Labute approximate surface area is 117 Å². The largest absolute Gasteiger partial charge is 0.480 e. The zero-order chi connectivity index (χ0) is 15.0. The Kier molecular flexibility index (Phi) is 6.96. The van der Waals surface area contributed by atoms with Gasteiger partial charge in [0.2, 0.25) is 11.8 Å². The first-order chi connectivity index (χ1) is 9.49. The van der Waals surface area contributed by atoms with Crippen LogP contribution in [0.15, 0.2) is 0 Å². The molecule has 0 aliphatic carbocycles. The SMILES string of the molecule is NC(=O)CC[C@@H](NC(=O)CN1CCCNCC1)C(=O)O. The molecule has 0 aromatic rings. The third kappa shape index (κ3) is 6.48. The average molecular weight is 286 g/mol. The first-order valence-electron chi connectivity index (χ1n) is 6.72. The molecule has 1 heterocycles. The molecule has 1 saturated heterocycles. The molecule has 1 aliphatic heterocycles. The van der Waals surface area contributed by atoms with Gasteiger partial charge in [0.05, 0.1) is 6.54 Å². The number of nitrogens with one attached hydrogen (secondary N) is 2. The van der Waals surface area contributed by atoms with Crippen molar-refractivity contribution in [1.29, 1.82) is 0 Å². The second kappa shape index (κ2) is 8.49. The predicted molar refractivity (Wildman–Crippen MR) is 71.9 cm³/mol. The van der Waals surface area contributed by atoms with E-state index < -0.39 is 17.9 Å². The van der Waals surface area contributed by atoms with Crippen molar-refractivity contribution in [3.63, 3.8) is 0 Å². The zero-order valence-corrected chi connectivity index (χ0v) is 11.4. The van der Waals surface area contributed by atoms with E-state index in [1.165, 1.54) is 0 Å². The highest BCUT2D eigenvalue weighted by Crippen LogP contribution is 1.99. The molecule has 0 saturated carbocycles. The summed E-state index contributed by atoms with van der Waals surface area (Å²) in [5.74, 6) is -2.08. The number of carbonyl (C=O) groups is 3. The van der Waals surface area contributed by atoms with E-state index in [-0.39, 0.29) is 25.3 Å². The van der Waals surface area contributed by atoms with Crippen LogP contribution in [0.3, 0.4) is 0 Å². The lowest BCUT2D eigenvalue weighted by molar-refractivity contribution is -0.142. The molecule has 8 nitrogen and oxygen atoms in total. The highest BCUT2D eigenvalue weighted by molar-refractivity contribution is 5.85. The van der Waals surface area contributed by atoms with Crippen molar-refractivity contribution in [3.8, 4) is 0 Å². The maximum atomic E-state index is 11.8. The number of nitrogens with two attached hydrogens (primary N) is 1. The summed E-state index contributed by atoms with van der Waals surface area (Å²) in [5, 5.41) is 14.7. The van der Waals surface area contributed by atoms with Gasteiger partial charge in [-0.15, -0.1) is 0 Å². The number of amides is 2. The summed E-state index contributed by atoms with van der Waals surface area (Å²) < 4.78 is 0. The molecule has 5 N–H and O–H groups in total. The lowest BCUT2D eigenvalue weighted by Gasteiger charge is -2.20. The highest BCUT2D eigenvalue weighted by Gasteiger charge is 2.21. The van der Waals surface area contributed by atoms with E-state index in [9.17, 15) is 14.4 Å². The van der Waals surface area contributed by atoms with Crippen LogP contribution in [-0.2, 0) is 14.4 Å². The molecule has 0 spiro atoms. The Balaban J connectivity index is 2.40. The first kappa shape index (κ1) is 16.4. The van der Waals surface area contributed by atoms with Crippen molar-refractivity contribution in [3.05, 3.63) is 0 Å². The van der Waals surface area contributed by atoms with E-state index in [0.29, 0.717) is 0 Å². The quantitative estimate of drug-likeness (QED) is 0.434. The van der Waals surface area contributed by atoms with Gasteiger partial charge in [0.15, 0.2) is 0 Å². The van der Waals surface area contributed by atoms with Crippen LogP contribution in [0, 0.1) is 0 Å². The van der Waals surface area contributed by atoms with Gasteiger partial charge < -0.3 is 21.5 Å². The zero-order valence-electron chi connectivity index (χ0n) is 11.4. The molecule has 20 heavy (non-hydrogen) atoms. The lowest BCUT2D eigenvalue weighted by Crippen LogP contribution is -2.46. The van der Waals surface area contributed by atoms with Crippen LogP contribution in [0.4, 0.5) is 0 Å². The van der Waals surface area contributed by atoms with Crippen LogP contribution >= 0.6 is 0 Å². The topological polar surface area (TPSA) is 125 Å². The Hall–Kier alpha value is -1.67. The monoisotopic (exact) mass is 286 g/mol. The normalized spacial score (nSPS) is 18.0. The van der Waals surface area contributed by atoms with Crippen molar-refractivity contribution in [2.75, 3.05) is 32.7 Å². The fourth-order valence-electron chi connectivity index (χ4n) is 2.05. The van der Waals surface area contributed by atoms with Crippen LogP contribution in [0.2, 0.25) is 0 Å². The molecule has 8 heteroatoms. The van der Waals surface area contributed by atoms with Gasteiger partial charge in [-0.05, 0) is 25.9 Å². The summed E-state index contributed by atoms with van der Waals surface area (Å²) in [5.41, 5.74) is 4.98. The smallest absolute Gasteiger partial charge is 0.326 e. The fraction of sp³-hybridized carbons (Fsp3) is 0.750. The maximum Gasteiger partial charge on any atom is 0.326 e. The molecule has 114 valence electrons. The van der Waals surface area contributed by atoms with Crippen molar-refractivity contribution in [2.45, 2.75) is 25.3 Å². The summed E-state index contributed by atoms with van der Waals surface area (Å²) in [6, 6.07) is -1.07. The molecule has 2 amide bonds. The number of aliphatic carboxylic acids is 1. The molecule has 1 rings (SSSR count).